The smallest absolute Gasteiger partial charge is 0.326 e. The van der Waals surface area contributed by atoms with E-state index < -0.39 is 17.6 Å². The van der Waals surface area contributed by atoms with E-state index >= 15 is 0 Å². The molecular formula is C17H15ClN2O4. The van der Waals surface area contributed by atoms with Crippen molar-refractivity contribution < 1.29 is 14.6 Å². The standard InChI is InChI=1S/C17H15ClN2O4/c1-3-24-15-9-20(10(2)17(22)23)16(21)7-14(15)13-6-12(18)5-4-11(13)8-19/h4-7,9-10H,3H2,1-2H3,(H,22,23). The second-order valence-electron chi connectivity index (χ2n) is 5.05. The monoisotopic (exact) mass is 346 g/mol. The molecule has 0 aliphatic rings. The normalized spacial score (nSPS) is 11.6. The van der Waals surface area contributed by atoms with Gasteiger partial charge in [0.25, 0.3) is 5.56 Å². The summed E-state index contributed by atoms with van der Waals surface area (Å²) in [5.74, 6) is -0.822. The summed E-state index contributed by atoms with van der Waals surface area (Å²) < 4.78 is 6.63. The quantitative estimate of drug-likeness (QED) is 0.898. The Hall–Kier alpha value is -2.78. The number of rotatable bonds is 5. The SMILES string of the molecule is CCOc1cn(C(C)C(=O)O)c(=O)cc1-c1cc(Cl)ccc1C#N. The van der Waals surface area contributed by atoms with E-state index in [-0.39, 0.29) is 0 Å². The van der Waals surface area contributed by atoms with Gasteiger partial charge in [-0.2, -0.15) is 5.26 Å². The van der Waals surface area contributed by atoms with Crippen LogP contribution in [0.3, 0.4) is 0 Å². The Bertz CT molecular complexity index is 883. The van der Waals surface area contributed by atoms with Crippen molar-refractivity contribution in [3.63, 3.8) is 0 Å². The number of benzene rings is 1. The van der Waals surface area contributed by atoms with Crippen molar-refractivity contribution in [2.24, 2.45) is 0 Å². The van der Waals surface area contributed by atoms with Crippen molar-refractivity contribution in [3.8, 4) is 22.9 Å². The van der Waals surface area contributed by atoms with Crippen molar-refractivity contribution in [2.75, 3.05) is 6.61 Å². The Balaban J connectivity index is 2.74. The number of hydrogen-bond donors (Lipinski definition) is 1. The van der Waals surface area contributed by atoms with Gasteiger partial charge in [-0.15, -0.1) is 0 Å². The predicted octanol–water partition coefficient (Wildman–Crippen LogP) is 3.08. The van der Waals surface area contributed by atoms with Crippen molar-refractivity contribution in [2.45, 2.75) is 19.9 Å². The largest absolute Gasteiger partial charge is 0.492 e. The van der Waals surface area contributed by atoms with E-state index in [1.165, 1.54) is 19.2 Å². The Morgan fingerprint density at radius 2 is 2.12 bits per heavy atom. The van der Waals surface area contributed by atoms with Crippen molar-refractivity contribution in [1.29, 1.82) is 5.26 Å². The van der Waals surface area contributed by atoms with E-state index in [0.29, 0.717) is 34.1 Å². The molecule has 1 aromatic carbocycles. The number of nitriles is 1. The Morgan fingerprint density at radius 3 is 2.71 bits per heavy atom. The average molecular weight is 347 g/mol. The summed E-state index contributed by atoms with van der Waals surface area (Å²) in [5.41, 5.74) is 0.687. The second-order valence-corrected chi connectivity index (χ2v) is 5.48. The molecule has 1 unspecified atom stereocenters. The van der Waals surface area contributed by atoms with Crippen LogP contribution in [0.15, 0.2) is 35.3 Å². The number of nitrogens with zero attached hydrogens (tertiary/aromatic N) is 2. The second kappa shape index (κ2) is 7.20. The van der Waals surface area contributed by atoms with E-state index in [2.05, 4.69) is 0 Å². The molecule has 0 amide bonds. The first-order valence-electron chi connectivity index (χ1n) is 7.20. The molecule has 1 N–H and O–H groups in total. The van der Waals surface area contributed by atoms with Gasteiger partial charge in [0.15, 0.2) is 0 Å². The van der Waals surface area contributed by atoms with E-state index in [1.54, 1.807) is 25.1 Å². The van der Waals surface area contributed by atoms with Crippen molar-refractivity contribution in [1.82, 2.24) is 4.57 Å². The van der Waals surface area contributed by atoms with Gasteiger partial charge in [-0.05, 0) is 32.0 Å². The van der Waals surface area contributed by atoms with Crippen LogP contribution in [0.5, 0.6) is 5.75 Å². The molecule has 0 bridgehead atoms. The summed E-state index contributed by atoms with van der Waals surface area (Å²) in [6, 6.07) is 6.98. The van der Waals surface area contributed by atoms with Gasteiger partial charge in [0, 0.05) is 22.2 Å². The lowest BCUT2D eigenvalue weighted by molar-refractivity contribution is -0.140. The zero-order valence-corrected chi connectivity index (χ0v) is 13.9. The van der Waals surface area contributed by atoms with Crippen LogP contribution in [0, 0.1) is 11.3 Å². The minimum Gasteiger partial charge on any atom is -0.492 e. The Morgan fingerprint density at radius 1 is 1.42 bits per heavy atom. The highest BCUT2D eigenvalue weighted by molar-refractivity contribution is 6.31. The van der Waals surface area contributed by atoms with E-state index in [9.17, 15) is 14.9 Å². The lowest BCUT2D eigenvalue weighted by Gasteiger charge is -2.16. The molecule has 0 spiro atoms. The number of carboxylic acid groups (broad SMARTS) is 1. The minimum atomic E-state index is -1.13. The summed E-state index contributed by atoms with van der Waals surface area (Å²) >= 11 is 6.00. The fourth-order valence-corrected chi connectivity index (χ4v) is 2.44. The lowest BCUT2D eigenvalue weighted by atomic mass is 10.0. The van der Waals surface area contributed by atoms with Crippen molar-refractivity contribution >= 4 is 17.6 Å². The van der Waals surface area contributed by atoms with Crippen LogP contribution in [-0.4, -0.2) is 22.2 Å². The molecule has 1 heterocycles. The van der Waals surface area contributed by atoms with Crippen LogP contribution in [0.1, 0.15) is 25.5 Å². The fraction of sp³-hybridized carbons (Fsp3) is 0.235. The van der Waals surface area contributed by atoms with E-state index in [4.69, 9.17) is 21.4 Å². The number of ether oxygens (including phenoxy) is 1. The third-order valence-electron chi connectivity index (χ3n) is 3.51. The van der Waals surface area contributed by atoms with Crippen LogP contribution in [-0.2, 0) is 4.79 Å². The van der Waals surface area contributed by atoms with Crippen LogP contribution in [0.2, 0.25) is 5.02 Å². The molecule has 2 aromatic rings. The van der Waals surface area contributed by atoms with E-state index in [1.807, 2.05) is 6.07 Å². The Labute approximate surface area is 143 Å². The number of aliphatic carboxylic acids is 1. The summed E-state index contributed by atoms with van der Waals surface area (Å²) in [4.78, 5) is 23.5. The maximum atomic E-state index is 12.3. The number of carboxylic acids is 1. The molecule has 0 fully saturated rings. The van der Waals surface area contributed by atoms with Gasteiger partial charge in [-0.3, -0.25) is 9.36 Å². The van der Waals surface area contributed by atoms with Gasteiger partial charge in [-0.1, -0.05) is 11.6 Å². The Kier molecular flexibility index (Phi) is 5.27. The highest BCUT2D eigenvalue weighted by Gasteiger charge is 2.19. The molecular weight excluding hydrogens is 332 g/mol. The van der Waals surface area contributed by atoms with Gasteiger partial charge in [0.2, 0.25) is 0 Å². The summed E-state index contributed by atoms with van der Waals surface area (Å²) in [5, 5.41) is 18.8. The van der Waals surface area contributed by atoms with Gasteiger partial charge in [0.05, 0.1) is 24.4 Å². The lowest BCUT2D eigenvalue weighted by Crippen LogP contribution is -2.27. The van der Waals surface area contributed by atoms with Crippen LogP contribution >= 0.6 is 11.6 Å². The van der Waals surface area contributed by atoms with Gasteiger partial charge in [0.1, 0.15) is 11.8 Å². The number of pyridine rings is 1. The molecule has 0 saturated heterocycles. The van der Waals surface area contributed by atoms with Gasteiger partial charge < -0.3 is 9.84 Å². The molecule has 7 heteroatoms. The number of carbonyl (C=O) groups is 1. The van der Waals surface area contributed by atoms with E-state index in [0.717, 1.165) is 4.57 Å². The molecule has 0 aliphatic heterocycles. The maximum absolute atomic E-state index is 12.3. The topological polar surface area (TPSA) is 92.3 Å². The zero-order chi connectivity index (χ0) is 17.9. The van der Waals surface area contributed by atoms with Crippen molar-refractivity contribution in [3.05, 3.63) is 51.4 Å². The minimum absolute atomic E-state index is 0.309. The fourth-order valence-electron chi connectivity index (χ4n) is 2.27. The number of halogens is 1. The molecule has 6 nitrogen and oxygen atoms in total. The highest BCUT2D eigenvalue weighted by Crippen LogP contribution is 2.33. The van der Waals surface area contributed by atoms with Crippen LogP contribution in [0.4, 0.5) is 0 Å². The van der Waals surface area contributed by atoms with Gasteiger partial charge >= 0.3 is 5.97 Å². The summed E-state index contributed by atoms with van der Waals surface area (Å²) in [7, 11) is 0. The molecule has 1 aromatic heterocycles. The van der Waals surface area contributed by atoms with Crippen LogP contribution < -0.4 is 10.3 Å². The molecule has 124 valence electrons. The molecule has 1 atom stereocenters. The molecule has 0 aliphatic carbocycles. The molecule has 24 heavy (non-hydrogen) atoms. The summed E-state index contributed by atoms with van der Waals surface area (Å²) in [6.07, 6.45) is 1.35. The molecule has 0 radical (unpaired) electrons. The highest BCUT2D eigenvalue weighted by atomic mass is 35.5. The first-order valence-corrected chi connectivity index (χ1v) is 7.58. The first-order chi connectivity index (χ1) is 11.4. The first kappa shape index (κ1) is 17.6. The van der Waals surface area contributed by atoms with Gasteiger partial charge in [-0.25, -0.2) is 4.79 Å². The average Bonchev–Trinajstić information content (AvgIpc) is 2.55. The maximum Gasteiger partial charge on any atom is 0.326 e. The third kappa shape index (κ3) is 3.42. The molecule has 0 saturated carbocycles. The number of hydrogen-bond acceptors (Lipinski definition) is 4. The summed E-state index contributed by atoms with van der Waals surface area (Å²) in [6.45, 7) is 3.48. The number of aromatic nitrogens is 1. The molecule has 2 rings (SSSR count). The predicted molar refractivity (Wildman–Crippen MR) is 89.4 cm³/mol. The third-order valence-corrected chi connectivity index (χ3v) is 3.75. The zero-order valence-electron chi connectivity index (χ0n) is 13.1. The van der Waals surface area contributed by atoms with Crippen LogP contribution in [0.25, 0.3) is 11.1 Å².